The lowest BCUT2D eigenvalue weighted by atomic mass is 10.0. The van der Waals surface area contributed by atoms with Crippen molar-refractivity contribution in [2.75, 3.05) is 13.2 Å². The topological polar surface area (TPSA) is 64.6 Å². The highest BCUT2D eigenvalue weighted by molar-refractivity contribution is 5.81. The minimum Gasteiger partial charge on any atom is -0.464 e. The first-order valence-corrected chi connectivity index (χ1v) is 13.4. The zero-order valence-corrected chi connectivity index (χ0v) is 21.1. The number of rotatable bonds is 23. The monoisotopic (exact) mass is 453 g/mol. The Kier molecular flexibility index (Phi) is 23.0. The third-order valence-corrected chi connectivity index (χ3v) is 5.66. The van der Waals surface area contributed by atoms with Crippen LogP contribution in [0.25, 0.3) is 0 Å². The van der Waals surface area contributed by atoms with Crippen molar-refractivity contribution in [2.45, 2.75) is 135 Å². The fraction of sp³-hybridized carbons (Fsp3) is 0.852. The summed E-state index contributed by atoms with van der Waals surface area (Å²) in [6.07, 6.45) is 23.1. The zero-order valence-electron chi connectivity index (χ0n) is 21.1. The first kappa shape index (κ1) is 30.5. The molecule has 0 aliphatic carbocycles. The summed E-state index contributed by atoms with van der Waals surface area (Å²) in [6, 6.07) is -0.724. The maximum atomic E-state index is 12.2. The van der Waals surface area contributed by atoms with E-state index in [1.54, 1.807) is 6.08 Å². The molecule has 5 heteroatoms. The molecule has 0 aliphatic heterocycles. The Bertz CT molecular complexity index is 453. The lowest BCUT2D eigenvalue weighted by Gasteiger charge is -2.16. The van der Waals surface area contributed by atoms with E-state index in [2.05, 4.69) is 18.8 Å². The second-order valence-corrected chi connectivity index (χ2v) is 8.83. The minimum absolute atomic E-state index is 0.332. The molecular weight excluding hydrogens is 402 g/mol. The van der Waals surface area contributed by atoms with Gasteiger partial charge in [0.05, 0.1) is 13.2 Å². The van der Waals surface area contributed by atoms with E-state index in [0.717, 1.165) is 19.3 Å². The summed E-state index contributed by atoms with van der Waals surface area (Å²) >= 11 is 0. The fourth-order valence-corrected chi connectivity index (χ4v) is 3.68. The molecule has 0 saturated carbocycles. The summed E-state index contributed by atoms with van der Waals surface area (Å²) in [6.45, 7) is 8.56. The number of alkyl carbamates (subject to hydrolysis) is 1. The first-order valence-electron chi connectivity index (χ1n) is 13.4. The Balaban J connectivity index is 3.51. The molecule has 0 aromatic rings. The fourth-order valence-electron chi connectivity index (χ4n) is 3.68. The van der Waals surface area contributed by atoms with Gasteiger partial charge in [-0.15, -0.1) is 6.58 Å². The molecule has 188 valence electrons. The molecule has 0 fully saturated rings. The number of nitrogens with one attached hydrogen (secondary N) is 1. The quantitative estimate of drug-likeness (QED) is 0.0971. The number of esters is 1. The molecule has 0 aromatic carbocycles. The van der Waals surface area contributed by atoms with E-state index in [-0.39, 0.29) is 0 Å². The highest BCUT2D eigenvalue weighted by Gasteiger charge is 2.21. The molecule has 5 nitrogen and oxygen atoms in total. The van der Waals surface area contributed by atoms with E-state index in [9.17, 15) is 9.59 Å². The SMILES string of the molecule is C=CCC(NC(=O)OCCC)C(=O)OCCCCCCCCCCCCCCCCCC. The molecule has 32 heavy (non-hydrogen) atoms. The molecule has 1 N–H and O–H groups in total. The number of unbranched alkanes of at least 4 members (excludes halogenated alkanes) is 15. The van der Waals surface area contributed by atoms with Crippen molar-refractivity contribution in [1.29, 1.82) is 0 Å². The van der Waals surface area contributed by atoms with Crippen LogP contribution in [0.2, 0.25) is 0 Å². The highest BCUT2D eigenvalue weighted by atomic mass is 16.6. The van der Waals surface area contributed by atoms with E-state index in [0.29, 0.717) is 19.6 Å². The summed E-state index contributed by atoms with van der Waals surface area (Å²) < 4.78 is 10.3. The average molecular weight is 454 g/mol. The van der Waals surface area contributed by atoms with Crippen LogP contribution in [-0.4, -0.2) is 31.3 Å². The smallest absolute Gasteiger partial charge is 0.407 e. The van der Waals surface area contributed by atoms with E-state index in [1.807, 2.05) is 6.92 Å². The Morgan fingerprint density at radius 3 is 1.59 bits per heavy atom. The molecule has 1 atom stereocenters. The molecular formula is C27H51NO4. The van der Waals surface area contributed by atoms with Crippen LogP contribution in [0.1, 0.15) is 129 Å². The minimum atomic E-state index is -0.724. The largest absolute Gasteiger partial charge is 0.464 e. The highest BCUT2D eigenvalue weighted by Crippen LogP contribution is 2.13. The number of hydrogen-bond donors (Lipinski definition) is 1. The van der Waals surface area contributed by atoms with E-state index >= 15 is 0 Å². The molecule has 0 radical (unpaired) electrons. The van der Waals surface area contributed by atoms with Crippen molar-refractivity contribution in [3.8, 4) is 0 Å². The van der Waals surface area contributed by atoms with Gasteiger partial charge in [0.1, 0.15) is 6.04 Å². The summed E-state index contributed by atoms with van der Waals surface area (Å²) in [4.78, 5) is 23.8. The molecule has 0 aromatic heterocycles. The third-order valence-electron chi connectivity index (χ3n) is 5.66. The van der Waals surface area contributed by atoms with Gasteiger partial charge in [0, 0.05) is 0 Å². The number of amides is 1. The second-order valence-electron chi connectivity index (χ2n) is 8.83. The van der Waals surface area contributed by atoms with Gasteiger partial charge in [0.25, 0.3) is 0 Å². The molecule has 1 unspecified atom stereocenters. The Morgan fingerprint density at radius 2 is 1.16 bits per heavy atom. The zero-order chi connectivity index (χ0) is 23.7. The van der Waals surface area contributed by atoms with E-state index in [1.165, 1.54) is 89.9 Å². The molecule has 0 heterocycles. The summed E-state index contributed by atoms with van der Waals surface area (Å²) in [5, 5.41) is 2.55. The average Bonchev–Trinajstić information content (AvgIpc) is 2.79. The lowest BCUT2D eigenvalue weighted by Crippen LogP contribution is -2.42. The van der Waals surface area contributed by atoms with Crippen molar-refractivity contribution in [3.63, 3.8) is 0 Å². The number of ether oxygens (including phenoxy) is 2. The van der Waals surface area contributed by atoms with Gasteiger partial charge in [-0.1, -0.05) is 116 Å². The molecule has 0 aliphatic rings. The van der Waals surface area contributed by atoms with Gasteiger partial charge < -0.3 is 14.8 Å². The maximum Gasteiger partial charge on any atom is 0.407 e. The summed E-state index contributed by atoms with van der Waals surface area (Å²) in [5.74, 6) is -0.417. The predicted molar refractivity (Wildman–Crippen MR) is 134 cm³/mol. The van der Waals surface area contributed by atoms with E-state index in [4.69, 9.17) is 9.47 Å². The van der Waals surface area contributed by atoms with Crippen LogP contribution in [0.3, 0.4) is 0 Å². The van der Waals surface area contributed by atoms with Gasteiger partial charge >= 0.3 is 12.1 Å². The normalized spacial score (nSPS) is 11.7. The van der Waals surface area contributed by atoms with Crippen molar-refractivity contribution in [2.24, 2.45) is 0 Å². The number of hydrogen-bond acceptors (Lipinski definition) is 4. The van der Waals surface area contributed by atoms with Crippen molar-refractivity contribution >= 4 is 12.1 Å². The molecule has 0 spiro atoms. The Hall–Kier alpha value is -1.52. The lowest BCUT2D eigenvalue weighted by molar-refractivity contribution is -0.146. The van der Waals surface area contributed by atoms with Crippen molar-refractivity contribution in [1.82, 2.24) is 5.32 Å². The summed E-state index contributed by atoms with van der Waals surface area (Å²) in [7, 11) is 0. The maximum absolute atomic E-state index is 12.2. The first-order chi connectivity index (χ1) is 15.7. The van der Waals surface area contributed by atoms with Gasteiger partial charge in [0.2, 0.25) is 0 Å². The van der Waals surface area contributed by atoms with Gasteiger partial charge in [-0.2, -0.15) is 0 Å². The Morgan fingerprint density at radius 1 is 0.688 bits per heavy atom. The second kappa shape index (κ2) is 24.1. The molecule has 0 saturated heterocycles. The van der Waals surface area contributed by atoms with Gasteiger partial charge in [-0.05, 0) is 19.3 Å². The van der Waals surface area contributed by atoms with Gasteiger partial charge in [-0.3, -0.25) is 0 Å². The van der Waals surface area contributed by atoms with Crippen molar-refractivity contribution < 1.29 is 19.1 Å². The van der Waals surface area contributed by atoms with Crippen LogP contribution < -0.4 is 5.32 Å². The third kappa shape index (κ3) is 20.4. The van der Waals surface area contributed by atoms with Crippen molar-refractivity contribution in [3.05, 3.63) is 12.7 Å². The van der Waals surface area contributed by atoms with Crippen LogP contribution in [-0.2, 0) is 14.3 Å². The predicted octanol–water partition coefficient (Wildman–Crippen LogP) is 7.87. The van der Waals surface area contributed by atoms with E-state index < -0.39 is 18.1 Å². The summed E-state index contributed by atoms with van der Waals surface area (Å²) in [5.41, 5.74) is 0. The molecule has 1 amide bonds. The van der Waals surface area contributed by atoms with Crippen LogP contribution in [0.4, 0.5) is 4.79 Å². The van der Waals surface area contributed by atoms with Crippen LogP contribution in [0.15, 0.2) is 12.7 Å². The van der Waals surface area contributed by atoms with Gasteiger partial charge in [-0.25, -0.2) is 9.59 Å². The Labute approximate surface area is 198 Å². The number of carbonyl (C=O) groups is 2. The molecule has 0 rings (SSSR count). The van der Waals surface area contributed by atoms with Gasteiger partial charge in [0.15, 0.2) is 0 Å². The molecule has 0 bridgehead atoms. The number of carbonyl (C=O) groups excluding carboxylic acids is 2. The van der Waals surface area contributed by atoms with Crippen LogP contribution >= 0.6 is 0 Å². The standard InChI is InChI=1S/C27H51NO4/c1-4-7-8-9-10-11-12-13-14-15-16-17-18-19-20-21-24-31-26(29)25(22-5-2)28-27(30)32-23-6-3/h5,25H,2,4,6-24H2,1,3H3,(H,28,30). The van der Waals surface area contributed by atoms with Crippen LogP contribution in [0, 0.1) is 0 Å². The van der Waals surface area contributed by atoms with Crippen LogP contribution in [0.5, 0.6) is 0 Å².